The molecule has 0 spiro atoms. The van der Waals surface area contributed by atoms with Gasteiger partial charge in [0.1, 0.15) is 5.56 Å². The van der Waals surface area contributed by atoms with Crippen LogP contribution in [0.25, 0.3) is 0 Å². The summed E-state index contributed by atoms with van der Waals surface area (Å²) >= 11 is 0. The molecule has 0 saturated carbocycles. The molecule has 0 fully saturated rings. The van der Waals surface area contributed by atoms with Gasteiger partial charge in [0, 0.05) is 18.6 Å². The molecule has 0 radical (unpaired) electrons. The average Bonchev–Trinajstić information content (AvgIpc) is 2.33. The van der Waals surface area contributed by atoms with Crippen molar-refractivity contribution in [2.24, 2.45) is 5.73 Å². The lowest BCUT2D eigenvalue weighted by atomic mass is 10.1. The summed E-state index contributed by atoms with van der Waals surface area (Å²) in [6, 6.07) is 12.1. The first-order valence-corrected chi connectivity index (χ1v) is 5.92. The molecule has 0 aliphatic carbocycles. The number of carbonyl (C=O) groups is 1. The second-order valence-electron chi connectivity index (χ2n) is 4.49. The predicted octanol–water partition coefficient (Wildman–Crippen LogP) is -1.26. The van der Waals surface area contributed by atoms with Gasteiger partial charge in [-0.3, -0.25) is 4.79 Å². The van der Waals surface area contributed by atoms with Gasteiger partial charge in [0.15, 0.2) is 18.4 Å². The summed E-state index contributed by atoms with van der Waals surface area (Å²) in [7, 11) is 0. The molecule has 0 aliphatic heterocycles. The fourth-order valence-electron chi connectivity index (χ4n) is 2.04. The molecule has 3 nitrogen and oxygen atoms in total. The van der Waals surface area contributed by atoms with Gasteiger partial charge in [-0.2, -0.15) is 4.57 Å². The van der Waals surface area contributed by atoms with Gasteiger partial charge in [-0.25, -0.2) is 0 Å². The largest absolute Gasteiger partial charge is 1.00 e. The van der Waals surface area contributed by atoms with Crippen LogP contribution in [0.5, 0.6) is 0 Å². The fraction of sp³-hybridized carbons (Fsp3) is 0.200. The van der Waals surface area contributed by atoms with Crippen molar-refractivity contribution in [2.45, 2.75) is 20.4 Å². The van der Waals surface area contributed by atoms with Crippen molar-refractivity contribution < 1.29 is 21.8 Å². The number of aryl methyl sites for hydroxylation is 2. The summed E-state index contributed by atoms with van der Waals surface area (Å²) in [6.07, 6.45) is 1.83. The first-order chi connectivity index (χ1) is 8.58. The van der Waals surface area contributed by atoms with Crippen molar-refractivity contribution >= 4 is 5.91 Å². The van der Waals surface area contributed by atoms with Crippen LogP contribution in [0, 0.1) is 13.8 Å². The molecule has 0 atom stereocenters. The molecule has 4 heteroatoms. The minimum Gasteiger partial charge on any atom is -1.00 e. The Morgan fingerprint density at radius 3 is 2.42 bits per heavy atom. The summed E-state index contributed by atoms with van der Waals surface area (Å²) in [5.41, 5.74) is 9.19. The standard InChI is InChI=1S/C15H16N2O.ClH/c1-11-8-12(2)17(10-14(11)15(16)18)9-13-6-4-3-5-7-13;/h3-8,10H,9H2,1-2H3,(H-,16,18);1H. The number of halogens is 1. The van der Waals surface area contributed by atoms with Crippen molar-refractivity contribution in [2.75, 3.05) is 0 Å². The summed E-state index contributed by atoms with van der Waals surface area (Å²) in [5, 5.41) is 0. The maximum absolute atomic E-state index is 11.3. The molecule has 1 heterocycles. The topological polar surface area (TPSA) is 47.0 Å². The minimum atomic E-state index is -0.380. The maximum Gasteiger partial charge on any atom is 0.255 e. The van der Waals surface area contributed by atoms with Crippen molar-refractivity contribution in [3.8, 4) is 0 Å². The molecule has 100 valence electrons. The third-order valence-corrected chi connectivity index (χ3v) is 3.05. The molecule has 19 heavy (non-hydrogen) atoms. The summed E-state index contributed by atoms with van der Waals surface area (Å²) < 4.78 is 2.04. The molecule has 0 unspecified atom stereocenters. The third kappa shape index (κ3) is 3.55. The lowest BCUT2D eigenvalue weighted by Crippen LogP contribution is -3.00. The van der Waals surface area contributed by atoms with E-state index in [4.69, 9.17) is 5.73 Å². The van der Waals surface area contributed by atoms with E-state index in [0.29, 0.717) is 5.56 Å². The zero-order chi connectivity index (χ0) is 13.1. The number of hydrogen-bond acceptors (Lipinski definition) is 1. The average molecular weight is 277 g/mol. The number of benzene rings is 1. The number of nitrogens with zero attached hydrogens (tertiary/aromatic N) is 1. The van der Waals surface area contributed by atoms with Crippen LogP contribution in [-0.2, 0) is 6.54 Å². The Morgan fingerprint density at radius 1 is 1.21 bits per heavy atom. The highest BCUT2D eigenvalue weighted by Crippen LogP contribution is 2.07. The number of amides is 1. The zero-order valence-electron chi connectivity index (χ0n) is 11.1. The van der Waals surface area contributed by atoms with Crippen LogP contribution >= 0.6 is 0 Å². The highest BCUT2D eigenvalue weighted by Gasteiger charge is 2.15. The smallest absolute Gasteiger partial charge is 0.255 e. The highest BCUT2D eigenvalue weighted by molar-refractivity contribution is 5.93. The SMILES string of the molecule is Cc1cc(C)[n+](Cc2ccccc2)cc1C(N)=O.[Cl-]. The number of primary amides is 1. The van der Waals surface area contributed by atoms with Gasteiger partial charge in [0.25, 0.3) is 5.91 Å². The second-order valence-corrected chi connectivity index (χ2v) is 4.49. The monoisotopic (exact) mass is 276 g/mol. The molecular weight excluding hydrogens is 260 g/mol. The summed E-state index contributed by atoms with van der Waals surface area (Å²) in [5.74, 6) is -0.380. The van der Waals surface area contributed by atoms with Crippen LogP contribution < -0.4 is 22.7 Å². The van der Waals surface area contributed by atoms with Crippen molar-refractivity contribution in [3.05, 3.63) is 65.0 Å². The van der Waals surface area contributed by atoms with Crippen LogP contribution in [0.15, 0.2) is 42.6 Å². The van der Waals surface area contributed by atoms with Crippen molar-refractivity contribution in [3.63, 3.8) is 0 Å². The predicted molar refractivity (Wildman–Crippen MR) is 70.2 cm³/mol. The molecule has 2 aromatic rings. The van der Waals surface area contributed by atoms with Crippen LogP contribution in [-0.4, -0.2) is 5.91 Å². The van der Waals surface area contributed by atoms with E-state index >= 15 is 0 Å². The quantitative estimate of drug-likeness (QED) is 0.699. The Kier molecular flexibility index (Phi) is 5.07. The van der Waals surface area contributed by atoms with Crippen LogP contribution in [0.4, 0.5) is 0 Å². The fourth-order valence-corrected chi connectivity index (χ4v) is 2.04. The Hall–Kier alpha value is -1.87. The van der Waals surface area contributed by atoms with Crippen LogP contribution in [0.3, 0.4) is 0 Å². The van der Waals surface area contributed by atoms with E-state index in [2.05, 4.69) is 12.1 Å². The number of aromatic nitrogens is 1. The Labute approximate surface area is 119 Å². The second kappa shape index (κ2) is 6.34. The first kappa shape index (κ1) is 15.2. The van der Waals surface area contributed by atoms with Crippen LogP contribution in [0.1, 0.15) is 27.2 Å². The highest BCUT2D eigenvalue weighted by atomic mass is 35.5. The van der Waals surface area contributed by atoms with Gasteiger partial charge in [-0.15, -0.1) is 0 Å². The number of hydrogen-bond donors (Lipinski definition) is 1. The number of carbonyl (C=O) groups excluding carboxylic acids is 1. The Balaban J connectivity index is 0.00000180. The number of pyridine rings is 1. The van der Waals surface area contributed by atoms with Crippen molar-refractivity contribution in [1.82, 2.24) is 0 Å². The normalized spacial score (nSPS) is 9.79. The molecular formula is C15H17ClN2O. The van der Waals surface area contributed by atoms with Gasteiger partial charge < -0.3 is 18.1 Å². The van der Waals surface area contributed by atoms with Gasteiger partial charge >= 0.3 is 0 Å². The molecule has 0 saturated heterocycles. The van der Waals surface area contributed by atoms with E-state index in [1.807, 2.05) is 48.9 Å². The van der Waals surface area contributed by atoms with E-state index in [0.717, 1.165) is 17.8 Å². The van der Waals surface area contributed by atoms with Gasteiger partial charge in [0.2, 0.25) is 0 Å². The lowest BCUT2D eigenvalue weighted by molar-refractivity contribution is -0.694. The lowest BCUT2D eigenvalue weighted by Gasteiger charge is -2.05. The van der Waals surface area contributed by atoms with Gasteiger partial charge in [-0.1, -0.05) is 30.3 Å². The summed E-state index contributed by atoms with van der Waals surface area (Å²) in [6.45, 7) is 4.67. The third-order valence-electron chi connectivity index (χ3n) is 3.05. The zero-order valence-corrected chi connectivity index (χ0v) is 11.8. The van der Waals surface area contributed by atoms with Gasteiger partial charge in [-0.05, 0) is 12.5 Å². The molecule has 1 aromatic heterocycles. The Bertz CT molecular complexity index is 582. The first-order valence-electron chi connectivity index (χ1n) is 5.92. The van der Waals surface area contributed by atoms with Crippen LogP contribution in [0.2, 0.25) is 0 Å². The van der Waals surface area contributed by atoms with E-state index in [9.17, 15) is 4.79 Å². The van der Waals surface area contributed by atoms with E-state index < -0.39 is 0 Å². The molecule has 0 aliphatic rings. The Morgan fingerprint density at radius 2 is 1.84 bits per heavy atom. The summed E-state index contributed by atoms with van der Waals surface area (Å²) in [4.78, 5) is 11.3. The molecule has 1 aromatic carbocycles. The van der Waals surface area contributed by atoms with E-state index in [-0.39, 0.29) is 18.3 Å². The molecule has 1 amide bonds. The molecule has 0 bridgehead atoms. The number of nitrogens with two attached hydrogens (primary N) is 1. The van der Waals surface area contributed by atoms with E-state index in [1.165, 1.54) is 5.56 Å². The van der Waals surface area contributed by atoms with Gasteiger partial charge in [0.05, 0.1) is 0 Å². The molecule has 2 rings (SSSR count). The number of rotatable bonds is 3. The van der Waals surface area contributed by atoms with E-state index in [1.54, 1.807) is 0 Å². The minimum absolute atomic E-state index is 0. The maximum atomic E-state index is 11.3. The molecule has 2 N–H and O–H groups in total. The van der Waals surface area contributed by atoms with Crippen molar-refractivity contribution in [1.29, 1.82) is 0 Å².